The maximum Gasteiger partial charge on any atom is 0.314 e. The maximum atomic E-state index is 13.3. The maximum absolute atomic E-state index is 13.3. The molecule has 2 fully saturated rings. The molecule has 0 aromatic heterocycles. The number of piperidine rings is 1. The Morgan fingerprint density at radius 3 is 2.46 bits per heavy atom. The average molecular weight is 333 g/mol. The predicted molar refractivity (Wildman–Crippen MR) is 93.0 cm³/mol. The van der Waals surface area contributed by atoms with Gasteiger partial charge in [0.1, 0.15) is 5.82 Å². The van der Waals surface area contributed by atoms with E-state index in [0.717, 1.165) is 39.0 Å². The van der Waals surface area contributed by atoms with Crippen molar-refractivity contribution < 1.29 is 9.18 Å². The van der Waals surface area contributed by atoms with Crippen molar-refractivity contribution in [3.63, 3.8) is 0 Å². The lowest BCUT2D eigenvalue weighted by atomic mass is 9.63. The van der Waals surface area contributed by atoms with E-state index in [4.69, 9.17) is 5.73 Å². The SMILES string of the molecule is CC(C)CCN1CC2(CCN(C(N)=O)CC2)C1c1ccc(F)cc1. The van der Waals surface area contributed by atoms with Gasteiger partial charge in [0.25, 0.3) is 0 Å². The fraction of sp³-hybridized carbons (Fsp3) is 0.632. The summed E-state index contributed by atoms with van der Waals surface area (Å²) in [6.45, 7) is 8.08. The lowest BCUT2D eigenvalue weighted by molar-refractivity contribution is -0.108. The molecule has 24 heavy (non-hydrogen) atoms. The Kier molecular flexibility index (Phi) is 4.81. The van der Waals surface area contributed by atoms with Gasteiger partial charge in [-0.2, -0.15) is 0 Å². The standard InChI is InChI=1S/C19H28FN3O/c1-14(2)7-10-23-13-19(8-11-22(12-9-19)18(21)24)17(23)15-3-5-16(20)6-4-15/h3-6,14,17H,7-13H2,1-2H3,(H2,21,24). The summed E-state index contributed by atoms with van der Waals surface area (Å²) in [5.41, 5.74) is 6.81. The molecule has 4 nitrogen and oxygen atoms in total. The van der Waals surface area contributed by atoms with Gasteiger partial charge < -0.3 is 10.6 Å². The number of carbonyl (C=O) groups excluding carboxylic acids is 1. The molecular weight excluding hydrogens is 305 g/mol. The third-order valence-corrected chi connectivity index (χ3v) is 5.71. The smallest absolute Gasteiger partial charge is 0.314 e. The third-order valence-electron chi connectivity index (χ3n) is 5.71. The second-order valence-electron chi connectivity index (χ2n) is 7.79. The molecule has 2 aliphatic heterocycles. The zero-order chi connectivity index (χ0) is 17.3. The molecule has 0 radical (unpaired) electrons. The van der Waals surface area contributed by atoms with Gasteiger partial charge >= 0.3 is 6.03 Å². The van der Waals surface area contributed by atoms with Crippen LogP contribution in [0.25, 0.3) is 0 Å². The van der Waals surface area contributed by atoms with Crippen LogP contribution in [0.15, 0.2) is 24.3 Å². The Hall–Kier alpha value is -1.62. The summed E-state index contributed by atoms with van der Waals surface area (Å²) in [5.74, 6) is 0.483. The molecule has 2 aliphatic rings. The zero-order valence-electron chi connectivity index (χ0n) is 14.7. The molecule has 1 atom stereocenters. The monoisotopic (exact) mass is 333 g/mol. The lowest BCUT2D eigenvalue weighted by Gasteiger charge is -2.61. The molecule has 1 aromatic carbocycles. The number of hydrogen-bond acceptors (Lipinski definition) is 2. The molecule has 0 bridgehead atoms. The highest BCUT2D eigenvalue weighted by molar-refractivity contribution is 5.72. The van der Waals surface area contributed by atoms with E-state index in [-0.39, 0.29) is 17.3 Å². The normalized spacial score (nSPS) is 23.5. The molecule has 132 valence electrons. The molecular formula is C19H28FN3O. The van der Waals surface area contributed by atoms with Crippen molar-refractivity contribution in [3.05, 3.63) is 35.6 Å². The molecule has 1 aromatic rings. The van der Waals surface area contributed by atoms with Crippen LogP contribution >= 0.6 is 0 Å². The Bertz CT molecular complexity index is 579. The number of rotatable bonds is 4. The first kappa shape index (κ1) is 17.2. The number of nitrogens with two attached hydrogens (primary N) is 1. The van der Waals surface area contributed by atoms with Crippen molar-refractivity contribution >= 4 is 6.03 Å². The highest BCUT2D eigenvalue weighted by atomic mass is 19.1. The van der Waals surface area contributed by atoms with E-state index >= 15 is 0 Å². The molecule has 3 rings (SSSR count). The summed E-state index contributed by atoms with van der Waals surface area (Å²) in [7, 11) is 0. The number of hydrogen-bond donors (Lipinski definition) is 1. The van der Waals surface area contributed by atoms with Crippen molar-refractivity contribution in [1.29, 1.82) is 0 Å². The minimum atomic E-state index is -0.320. The topological polar surface area (TPSA) is 49.6 Å². The number of urea groups is 1. The van der Waals surface area contributed by atoms with Crippen LogP contribution in [0.3, 0.4) is 0 Å². The molecule has 2 N–H and O–H groups in total. The average Bonchev–Trinajstić information content (AvgIpc) is 2.53. The van der Waals surface area contributed by atoms with Gasteiger partial charge in [-0.3, -0.25) is 4.90 Å². The first-order chi connectivity index (χ1) is 11.4. The Morgan fingerprint density at radius 2 is 1.92 bits per heavy atom. The molecule has 1 spiro atoms. The van der Waals surface area contributed by atoms with Gasteiger partial charge in [-0.1, -0.05) is 26.0 Å². The number of nitrogens with zero attached hydrogens (tertiary/aromatic N) is 2. The Morgan fingerprint density at radius 1 is 1.29 bits per heavy atom. The van der Waals surface area contributed by atoms with Crippen LogP contribution in [0.1, 0.15) is 44.7 Å². The number of amides is 2. The minimum absolute atomic E-state index is 0.190. The molecule has 5 heteroatoms. The van der Waals surface area contributed by atoms with Crippen LogP contribution in [-0.4, -0.2) is 42.0 Å². The minimum Gasteiger partial charge on any atom is -0.351 e. The summed E-state index contributed by atoms with van der Waals surface area (Å²) in [4.78, 5) is 15.7. The van der Waals surface area contributed by atoms with Crippen LogP contribution < -0.4 is 5.73 Å². The van der Waals surface area contributed by atoms with Gasteiger partial charge in [-0.15, -0.1) is 0 Å². The summed E-state index contributed by atoms with van der Waals surface area (Å²) in [6.07, 6.45) is 3.10. The lowest BCUT2D eigenvalue weighted by Crippen LogP contribution is -2.62. The summed E-state index contributed by atoms with van der Waals surface area (Å²) in [6, 6.07) is 6.96. The first-order valence-corrected chi connectivity index (χ1v) is 8.95. The highest BCUT2D eigenvalue weighted by Crippen LogP contribution is 2.54. The van der Waals surface area contributed by atoms with E-state index in [1.165, 1.54) is 12.0 Å². The van der Waals surface area contributed by atoms with Crippen molar-refractivity contribution in [2.24, 2.45) is 17.1 Å². The van der Waals surface area contributed by atoms with Crippen LogP contribution in [0, 0.1) is 17.2 Å². The number of likely N-dealkylation sites (tertiary alicyclic amines) is 2. The summed E-state index contributed by atoms with van der Waals surface area (Å²) < 4.78 is 13.3. The van der Waals surface area contributed by atoms with E-state index in [1.807, 2.05) is 12.1 Å². The number of halogens is 1. The highest BCUT2D eigenvalue weighted by Gasteiger charge is 2.53. The van der Waals surface area contributed by atoms with Crippen molar-refractivity contribution in [2.75, 3.05) is 26.2 Å². The van der Waals surface area contributed by atoms with E-state index in [2.05, 4.69) is 18.7 Å². The fourth-order valence-electron chi connectivity index (χ4n) is 4.30. The first-order valence-electron chi connectivity index (χ1n) is 8.95. The largest absolute Gasteiger partial charge is 0.351 e. The van der Waals surface area contributed by atoms with Crippen LogP contribution in [0.4, 0.5) is 9.18 Å². The predicted octanol–water partition coefficient (Wildman–Crippen LogP) is 3.39. The molecule has 2 amide bonds. The van der Waals surface area contributed by atoms with Gasteiger partial charge in [0.2, 0.25) is 0 Å². The van der Waals surface area contributed by atoms with E-state index in [9.17, 15) is 9.18 Å². The zero-order valence-corrected chi connectivity index (χ0v) is 14.7. The van der Waals surface area contributed by atoms with Crippen LogP contribution in [-0.2, 0) is 0 Å². The third kappa shape index (κ3) is 3.27. The fourth-order valence-corrected chi connectivity index (χ4v) is 4.30. The number of carbonyl (C=O) groups is 1. The van der Waals surface area contributed by atoms with E-state index in [0.29, 0.717) is 12.0 Å². The van der Waals surface area contributed by atoms with Gasteiger partial charge in [0, 0.05) is 31.1 Å². The second kappa shape index (κ2) is 6.71. The van der Waals surface area contributed by atoms with E-state index in [1.54, 1.807) is 17.0 Å². The Balaban J connectivity index is 1.77. The molecule has 0 saturated carbocycles. The quantitative estimate of drug-likeness (QED) is 0.918. The summed E-state index contributed by atoms with van der Waals surface area (Å²) in [5, 5.41) is 0. The number of primary amides is 1. The molecule has 1 unspecified atom stereocenters. The summed E-state index contributed by atoms with van der Waals surface area (Å²) >= 11 is 0. The van der Waals surface area contributed by atoms with Gasteiger partial charge in [0.15, 0.2) is 0 Å². The van der Waals surface area contributed by atoms with Gasteiger partial charge in [-0.05, 0) is 49.4 Å². The molecule has 2 saturated heterocycles. The van der Waals surface area contributed by atoms with E-state index < -0.39 is 0 Å². The second-order valence-corrected chi connectivity index (χ2v) is 7.79. The van der Waals surface area contributed by atoms with Crippen LogP contribution in [0.5, 0.6) is 0 Å². The molecule has 0 aliphatic carbocycles. The number of benzene rings is 1. The van der Waals surface area contributed by atoms with Crippen molar-refractivity contribution in [3.8, 4) is 0 Å². The van der Waals surface area contributed by atoms with Crippen molar-refractivity contribution in [2.45, 2.75) is 39.2 Å². The Labute approximate surface area is 143 Å². The van der Waals surface area contributed by atoms with Crippen molar-refractivity contribution in [1.82, 2.24) is 9.80 Å². The molecule has 2 heterocycles. The van der Waals surface area contributed by atoms with Gasteiger partial charge in [-0.25, -0.2) is 9.18 Å². The van der Waals surface area contributed by atoms with Crippen LogP contribution in [0.2, 0.25) is 0 Å². The van der Waals surface area contributed by atoms with Gasteiger partial charge in [0.05, 0.1) is 0 Å².